The molecule has 2 aliphatic rings. The van der Waals surface area contributed by atoms with Crippen LogP contribution in [0.15, 0.2) is 29.6 Å². The van der Waals surface area contributed by atoms with Crippen LogP contribution in [-0.4, -0.2) is 79.7 Å². The summed E-state index contributed by atoms with van der Waals surface area (Å²) >= 11 is 1.58. The fraction of sp³-hybridized carbons (Fsp3) is 0.444. The molecular weight excluding hydrogens is 482 g/mol. The van der Waals surface area contributed by atoms with E-state index in [4.69, 9.17) is 4.74 Å². The Morgan fingerprint density at radius 3 is 2.83 bits per heavy atom. The first-order chi connectivity index (χ1) is 17.5. The van der Waals surface area contributed by atoms with Gasteiger partial charge in [0.05, 0.1) is 29.5 Å². The second-order valence-corrected chi connectivity index (χ2v) is 10.2. The number of aromatic nitrogens is 2. The summed E-state index contributed by atoms with van der Waals surface area (Å²) in [4.78, 5) is 5.87. The fourth-order valence-electron chi connectivity index (χ4n) is 4.72. The van der Waals surface area contributed by atoms with Crippen molar-refractivity contribution in [3.8, 4) is 23.1 Å². The minimum absolute atomic E-state index is 0.0959. The van der Waals surface area contributed by atoms with Gasteiger partial charge in [-0.2, -0.15) is 13.9 Å². The predicted molar refractivity (Wildman–Crippen MR) is 136 cm³/mol. The molecule has 2 aromatic heterocycles. The Bertz CT molecular complexity index is 1240. The zero-order valence-electron chi connectivity index (χ0n) is 20.4. The molecule has 0 bridgehead atoms. The average molecular weight is 513 g/mol. The third-order valence-electron chi connectivity index (χ3n) is 6.64. The zero-order valence-corrected chi connectivity index (χ0v) is 21.2. The summed E-state index contributed by atoms with van der Waals surface area (Å²) in [6.07, 6.45) is 1.67. The summed E-state index contributed by atoms with van der Waals surface area (Å²) in [7, 11) is 2.19. The van der Waals surface area contributed by atoms with E-state index in [0.29, 0.717) is 0 Å². The molecule has 1 saturated heterocycles. The van der Waals surface area contributed by atoms with Gasteiger partial charge < -0.3 is 14.4 Å². The third kappa shape index (κ3) is 6.20. The number of benzene rings is 1. The topological polar surface area (TPSA) is 53.6 Å². The molecular formula is C27H30F2N4O2S. The number of H-pyrrole nitrogens is 1. The number of piperazine rings is 1. The number of hydrogen-bond acceptors (Lipinski definition) is 6. The van der Waals surface area contributed by atoms with Gasteiger partial charge in [0, 0.05) is 56.7 Å². The molecule has 0 saturated carbocycles. The quantitative estimate of drug-likeness (QED) is 0.272. The van der Waals surface area contributed by atoms with Gasteiger partial charge in [-0.1, -0.05) is 30.0 Å². The van der Waals surface area contributed by atoms with Crippen molar-refractivity contribution in [2.45, 2.75) is 26.0 Å². The highest BCUT2D eigenvalue weighted by Gasteiger charge is 2.25. The van der Waals surface area contributed by atoms with Crippen LogP contribution in [0, 0.1) is 11.8 Å². The minimum atomic E-state index is -2.77. The van der Waals surface area contributed by atoms with E-state index < -0.39 is 6.61 Å². The van der Waals surface area contributed by atoms with E-state index in [9.17, 15) is 8.78 Å². The monoisotopic (exact) mass is 512 g/mol. The van der Waals surface area contributed by atoms with Crippen LogP contribution < -0.4 is 0 Å². The largest absolute Gasteiger partial charge is 0.366 e. The average Bonchev–Trinajstić information content (AvgIpc) is 3.56. The lowest BCUT2D eigenvalue weighted by atomic mass is 10.0. The number of fused-ring (bicyclic) bond motifs is 3. The molecule has 1 aromatic carbocycles. The number of aromatic amines is 1. The van der Waals surface area contributed by atoms with E-state index in [0.717, 1.165) is 61.8 Å². The number of hydrogen-bond donors (Lipinski definition) is 1. The van der Waals surface area contributed by atoms with E-state index in [-0.39, 0.29) is 19.8 Å². The van der Waals surface area contributed by atoms with Crippen LogP contribution in [0.5, 0.6) is 0 Å². The summed E-state index contributed by atoms with van der Waals surface area (Å²) in [6, 6.07) is 8.95. The van der Waals surface area contributed by atoms with Crippen molar-refractivity contribution in [2.24, 2.45) is 0 Å². The number of alkyl halides is 2. The van der Waals surface area contributed by atoms with Crippen molar-refractivity contribution >= 4 is 11.3 Å². The van der Waals surface area contributed by atoms with E-state index in [2.05, 4.69) is 73.3 Å². The standard InChI is InChI=1S/C27H30F2N4O2S/c1-32-6-8-33(9-7-32)17-19-4-5-23-21(13-19)16-24-25(30-31-26(23)24)15-20-14-22(36-18-20)3-2-10-34-11-12-35-27(28)29/h4-5,13-14,18,27H,6-12,15-17H2,1H3,(H,30,31). The van der Waals surface area contributed by atoms with Crippen LogP contribution in [0.2, 0.25) is 0 Å². The number of nitrogens with one attached hydrogen (secondary N) is 1. The van der Waals surface area contributed by atoms with Crippen molar-refractivity contribution < 1.29 is 18.3 Å². The molecule has 1 aliphatic heterocycles. The molecule has 0 spiro atoms. The highest BCUT2D eigenvalue weighted by molar-refractivity contribution is 7.10. The number of rotatable bonds is 9. The van der Waals surface area contributed by atoms with Crippen molar-refractivity contribution in [1.29, 1.82) is 0 Å². The van der Waals surface area contributed by atoms with Gasteiger partial charge in [0.25, 0.3) is 0 Å². The lowest BCUT2D eigenvalue weighted by molar-refractivity contribution is -0.138. The SMILES string of the molecule is CN1CCN(Cc2ccc3c(c2)Cc2c(Cc4csc(C#CCOCCOC(F)F)c4)n[nH]c2-3)CC1. The van der Waals surface area contributed by atoms with Crippen molar-refractivity contribution in [3.05, 3.63) is 62.5 Å². The van der Waals surface area contributed by atoms with Crippen LogP contribution in [0.1, 0.15) is 32.8 Å². The summed E-state index contributed by atoms with van der Waals surface area (Å²) in [5, 5.41) is 10.0. The van der Waals surface area contributed by atoms with Crippen LogP contribution >= 0.6 is 11.3 Å². The van der Waals surface area contributed by atoms with E-state index in [1.165, 1.54) is 27.8 Å². The molecule has 190 valence electrons. The molecule has 0 amide bonds. The Balaban J connectivity index is 1.16. The zero-order chi connectivity index (χ0) is 24.9. The molecule has 9 heteroatoms. The van der Waals surface area contributed by atoms with Gasteiger partial charge in [-0.05, 0) is 35.2 Å². The maximum Gasteiger partial charge on any atom is 0.345 e. The maximum atomic E-state index is 11.9. The molecule has 6 nitrogen and oxygen atoms in total. The lowest BCUT2D eigenvalue weighted by Crippen LogP contribution is -2.43. The number of nitrogens with zero attached hydrogens (tertiary/aromatic N) is 3. The van der Waals surface area contributed by atoms with Crippen LogP contribution in [0.3, 0.4) is 0 Å². The Morgan fingerprint density at radius 2 is 2.00 bits per heavy atom. The molecule has 3 heterocycles. The second kappa shape index (κ2) is 11.6. The Hall–Kier alpha value is -2.61. The van der Waals surface area contributed by atoms with Crippen molar-refractivity contribution in [3.63, 3.8) is 0 Å². The Morgan fingerprint density at radius 1 is 1.14 bits per heavy atom. The van der Waals surface area contributed by atoms with Gasteiger partial charge in [-0.3, -0.25) is 10.00 Å². The summed E-state index contributed by atoms with van der Waals surface area (Å²) in [5.41, 5.74) is 8.72. The van der Waals surface area contributed by atoms with Gasteiger partial charge in [0.15, 0.2) is 0 Å². The Labute approximate surface area is 214 Å². The highest BCUT2D eigenvalue weighted by atomic mass is 32.1. The van der Waals surface area contributed by atoms with Crippen molar-refractivity contribution in [2.75, 3.05) is 53.0 Å². The second-order valence-electron chi connectivity index (χ2n) is 9.25. The van der Waals surface area contributed by atoms with Crippen LogP contribution in [-0.2, 0) is 28.9 Å². The van der Waals surface area contributed by atoms with Gasteiger partial charge in [-0.15, -0.1) is 11.3 Å². The normalized spacial score (nSPS) is 15.7. The molecule has 36 heavy (non-hydrogen) atoms. The number of likely N-dealkylation sites (N-methyl/N-ethyl adjacent to an activating group) is 1. The maximum absolute atomic E-state index is 11.9. The van der Waals surface area contributed by atoms with Gasteiger partial charge in [0.2, 0.25) is 0 Å². The van der Waals surface area contributed by atoms with E-state index in [1.54, 1.807) is 11.3 Å². The smallest absolute Gasteiger partial charge is 0.345 e. The summed E-state index contributed by atoms with van der Waals surface area (Å²) in [6.45, 7) is 2.89. The molecule has 5 rings (SSSR count). The van der Waals surface area contributed by atoms with Crippen molar-refractivity contribution in [1.82, 2.24) is 20.0 Å². The fourth-order valence-corrected chi connectivity index (χ4v) is 5.50. The van der Waals surface area contributed by atoms with Crippen LogP contribution in [0.25, 0.3) is 11.3 Å². The first-order valence-corrected chi connectivity index (χ1v) is 13.1. The van der Waals surface area contributed by atoms with E-state index in [1.807, 2.05) is 0 Å². The molecule has 3 aromatic rings. The number of thiophene rings is 1. The Kier molecular flexibility index (Phi) is 8.09. The first kappa shape index (κ1) is 25.1. The van der Waals surface area contributed by atoms with Gasteiger partial charge >= 0.3 is 6.61 Å². The number of ether oxygens (including phenoxy) is 2. The molecule has 0 atom stereocenters. The van der Waals surface area contributed by atoms with Gasteiger partial charge in [-0.25, -0.2) is 0 Å². The lowest BCUT2D eigenvalue weighted by Gasteiger charge is -2.32. The molecule has 1 aliphatic carbocycles. The molecule has 1 N–H and O–H groups in total. The van der Waals surface area contributed by atoms with E-state index >= 15 is 0 Å². The predicted octanol–water partition coefficient (Wildman–Crippen LogP) is 3.99. The summed E-state index contributed by atoms with van der Waals surface area (Å²) < 4.78 is 33.1. The van der Waals surface area contributed by atoms with Gasteiger partial charge in [0.1, 0.15) is 6.61 Å². The third-order valence-corrected chi connectivity index (χ3v) is 7.54. The molecule has 0 unspecified atom stereocenters. The highest BCUT2D eigenvalue weighted by Crippen LogP contribution is 2.38. The van der Waals surface area contributed by atoms with Crippen LogP contribution in [0.4, 0.5) is 8.78 Å². The number of halogens is 2. The minimum Gasteiger partial charge on any atom is -0.366 e. The molecule has 1 fully saturated rings. The molecule has 0 radical (unpaired) electrons. The first-order valence-electron chi connectivity index (χ1n) is 12.2. The summed E-state index contributed by atoms with van der Waals surface area (Å²) in [5.74, 6) is 5.99.